The van der Waals surface area contributed by atoms with Crippen LogP contribution in [0.3, 0.4) is 0 Å². The molecule has 0 bridgehead atoms. The number of carbonyl (C=O) groups excluding carboxylic acids is 1. The summed E-state index contributed by atoms with van der Waals surface area (Å²) in [7, 11) is 1.59. The first-order chi connectivity index (χ1) is 10.3. The van der Waals surface area contributed by atoms with Gasteiger partial charge in [-0.2, -0.15) is 0 Å². The Labute approximate surface area is 130 Å². The van der Waals surface area contributed by atoms with Crippen LogP contribution >= 0.6 is 0 Å². The van der Waals surface area contributed by atoms with Gasteiger partial charge in [0, 0.05) is 11.1 Å². The molecule has 0 heterocycles. The molecule has 0 spiro atoms. The lowest BCUT2D eigenvalue weighted by atomic mass is 9.97. The summed E-state index contributed by atoms with van der Waals surface area (Å²) in [4.78, 5) is 12.5. The van der Waals surface area contributed by atoms with Gasteiger partial charge in [0.15, 0.2) is 0 Å². The lowest BCUT2D eigenvalue weighted by molar-refractivity contribution is 0.0920. The van der Waals surface area contributed by atoms with Crippen molar-refractivity contribution < 1.29 is 14.6 Å². The summed E-state index contributed by atoms with van der Waals surface area (Å²) in [5.74, 6) is 0.723. The molecule has 0 aliphatic rings. The van der Waals surface area contributed by atoms with E-state index in [0.717, 1.165) is 11.1 Å². The Bertz CT molecular complexity index is 670. The molecule has 0 saturated heterocycles. The highest BCUT2D eigenvalue weighted by Gasteiger charge is 2.19. The molecule has 0 aliphatic heterocycles. The fraction of sp³-hybridized carbons (Fsp3) is 0.278. The molecule has 1 amide bonds. The second-order valence-corrected chi connectivity index (χ2v) is 6.16. The number of hydrogen-bond donors (Lipinski definition) is 2. The molecule has 0 atom stereocenters. The lowest BCUT2D eigenvalue weighted by Gasteiger charge is -2.22. The van der Waals surface area contributed by atoms with Gasteiger partial charge in [-0.05, 0) is 62.2 Å². The van der Waals surface area contributed by atoms with Crippen molar-refractivity contribution in [2.75, 3.05) is 7.11 Å². The third-order valence-corrected chi connectivity index (χ3v) is 3.14. The molecule has 116 valence electrons. The summed E-state index contributed by atoms with van der Waals surface area (Å²) < 4.78 is 5.25. The SMILES string of the molecule is COc1ccc(C(=O)NC(C)(C)C)c(-c2ccc(O)cc2)c1. The van der Waals surface area contributed by atoms with Gasteiger partial charge in [0.25, 0.3) is 5.91 Å². The van der Waals surface area contributed by atoms with Gasteiger partial charge in [-0.3, -0.25) is 4.79 Å². The number of rotatable bonds is 3. The van der Waals surface area contributed by atoms with Crippen molar-refractivity contribution in [1.82, 2.24) is 5.32 Å². The maximum Gasteiger partial charge on any atom is 0.252 e. The summed E-state index contributed by atoms with van der Waals surface area (Å²) in [6.45, 7) is 5.82. The van der Waals surface area contributed by atoms with E-state index >= 15 is 0 Å². The van der Waals surface area contributed by atoms with Gasteiger partial charge < -0.3 is 15.2 Å². The van der Waals surface area contributed by atoms with Crippen molar-refractivity contribution in [3.63, 3.8) is 0 Å². The molecule has 0 unspecified atom stereocenters. The summed E-state index contributed by atoms with van der Waals surface area (Å²) in [6.07, 6.45) is 0. The Morgan fingerprint density at radius 1 is 1.09 bits per heavy atom. The van der Waals surface area contributed by atoms with Crippen LogP contribution in [0.25, 0.3) is 11.1 Å². The van der Waals surface area contributed by atoms with E-state index in [1.807, 2.05) is 26.8 Å². The molecule has 4 heteroatoms. The van der Waals surface area contributed by atoms with Crippen LogP contribution in [-0.2, 0) is 0 Å². The fourth-order valence-electron chi connectivity index (χ4n) is 2.14. The molecule has 0 aliphatic carbocycles. The van der Waals surface area contributed by atoms with E-state index in [4.69, 9.17) is 4.74 Å². The van der Waals surface area contributed by atoms with E-state index in [1.165, 1.54) is 0 Å². The first kappa shape index (κ1) is 15.9. The number of phenols is 1. The zero-order valence-corrected chi connectivity index (χ0v) is 13.3. The molecule has 0 radical (unpaired) electrons. The average molecular weight is 299 g/mol. The maximum atomic E-state index is 12.5. The van der Waals surface area contributed by atoms with Crippen molar-refractivity contribution in [3.8, 4) is 22.6 Å². The number of amides is 1. The Morgan fingerprint density at radius 3 is 2.27 bits per heavy atom. The number of carbonyl (C=O) groups is 1. The molecule has 2 aromatic carbocycles. The van der Waals surface area contributed by atoms with Crippen molar-refractivity contribution >= 4 is 5.91 Å². The molecule has 0 fully saturated rings. The van der Waals surface area contributed by atoms with Crippen molar-refractivity contribution in [1.29, 1.82) is 0 Å². The third kappa shape index (κ3) is 3.79. The largest absolute Gasteiger partial charge is 0.508 e. The highest BCUT2D eigenvalue weighted by Crippen LogP contribution is 2.29. The zero-order valence-electron chi connectivity index (χ0n) is 13.3. The van der Waals surface area contributed by atoms with Crippen LogP contribution in [0.2, 0.25) is 0 Å². The first-order valence-electron chi connectivity index (χ1n) is 7.10. The van der Waals surface area contributed by atoms with Gasteiger partial charge in [-0.25, -0.2) is 0 Å². The summed E-state index contributed by atoms with van der Waals surface area (Å²) >= 11 is 0. The standard InChI is InChI=1S/C18H21NO3/c1-18(2,3)19-17(21)15-10-9-14(22-4)11-16(15)12-5-7-13(20)8-6-12/h5-11,20H,1-4H3,(H,19,21). The van der Waals surface area contributed by atoms with Crippen LogP contribution in [0, 0.1) is 0 Å². The van der Waals surface area contributed by atoms with E-state index in [9.17, 15) is 9.90 Å². The van der Waals surface area contributed by atoms with Gasteiger partial charge in [-0.1, -0.05) is 12.1 Å². The van der Waals surface area contributed by atoms with Crippen molar-refractivity contribution in [2.45, 2.75) is 26.3 Å². The van der Waals surface area contributed by atoms with Crippen LogP contribution in [0.5, 0.6) is 11.5 Å². The second-order valence-electron chi connectivity index (χ2n) is 6.16. The average Bonchev–Trinajstić information content (AvgIpc) is 2.45. The minimum atomic E-state index is -0.316. The van der Waals surface area contributed by atoms with Crippen molar-refractivity contribution in [3.05, 3.63) is 48.0 Å². The molecule has 22 heavy (non-hydrogen) atoms. The Hall–Kier alpha value is -2.49. The Balaban J connectivity index is 2.50. The van der Waals surface area contributed by atoms with Gasteiger partial charge in [-0.15, -0.1) is 0 Å². The number of methoxy groups -OCH3 is 1. The minimum Gasteiger partial charge on any atom is -0.508 e. The van der Waals surface area contributed by atoms with Crippen LogP contribution in [0.1, 0.15) is 31.1 Å². The van der Waals surface area contributed by atoms with E-state index in [1.54, 1.807) is 43.5 Å². The summed E-state index contributed by atoms with van der Waals surface area (Å²) in [6, 6.07) is 12.1. The minimum absolute atomic E-state index is 0.141. The molecule has 4 nitrogen and oxygen atoms in total. The van der Waals surface area contributed by atoms with Crippen LogP contribution in [-0.4, -0.2) is 23.7 Å². The highest BCUT2D eigenvalue weighted by molar-refractivity contribution is 6.01. The number of hydrogen-bond acceptors (Lipinski definition) is 3. The maximum absolute atomic E-state index is 12.5. The number of nitrogens with one attached hydrogen (secondary N) is 1. The molecule has 2 N–H and O–H groups in total. The third-order valence-electron chi connectivity index (χ3n) is 3.14. The van der Waals surface area contributed by atoms with E-state index in [2.05, 4.69) is 5.32 Å². The number of benzene rings is 2. The van der Waals surface area contributed by atoms with E-state index in [0.29, 0.717) is 11.3 Å². The van der Waals surface area contributed by atoms with Gasteiger partial charge in [0.05, 0.1) is 7.11 Å². The summed E-state index contributed by atoms with van der Waals surface area (Å²) in [5.41, 5.74) is 1.86. The Morgan fingerprint density at radius 2 is 1.73 bits per heavy atom. The number of ether oxygens (including phenoxy) is 1. The van der Waals surface area contributed by atoms with Gasteiger partial charge >= 0.3 is 0 Å². The molecule has 0 saturated carbocycles. The second kappa shape index (κ2) is 6.10. The van der Waals surface area contributed by atoms with E-state index in [-0.39, 0.29) is 17.2 Å². The molecular weight excluding hydrogens is 278 g/mol. The van der Waals surface area contributed by atoms with E-state index < -0.39 is 0 Å². The zero-order chi connectivity index (χ0) is 16.3. The van der Waals surface area contributed by atoms with Crippen LogP contribution < -0.4 is 10.1 Å². The highest BCUT2D eigenvalue weighted by atomic mass is 16.5. The number of phenolic OH excluding ortho intramolecular Hbond substituents is 1. The normalized spacial score (nSPS) is 11.1. The van der Waals surface area contributed by atoms with Crippen molar-refractivity contribution in [2.24, 2.45) is 0 Å². The lowest BCUT2D eigenvalue weighted by Crippen LogP contribution is -2.40. The quantitative estimate of drug-likeness (QED) is 0.910. The predicted molar refractivity (Wildman–Crippen MR) is 87.3 cm³/mol. The fourth-order valence-corrected chi connectivity index (χ4v) is 2.14. The predicted octanol–water partition coefficient (Wildman–Crippen LogP) is 3.60. The van der Waals surface area contributed by atoms with Gasteiger partial charge in [0.2, 0.25) is 0 Å². The smallest absolute Gasteiger partial charge is 0.252 e. The molecule has 0 aromatic heterocycles. The van der Waals surface area contributed by atoms with Crippen LogP contribution in [0.15, 0.2) is 42.5 Å². The molecular formula is C18H21NO3. The molecule has 2 rings (SSSR count). The Kier molecular flexibility index (Phi) is 4.40. The first-order valence-corrected chi connectivity index (χ1v) is 7.10. The number of aromatic hydroxyl groups is 1. The summed E-state index contributed by atoms with van der Waals surface area (Å²) in [5, 5.41) is 12.4. The molecule has 2 aromatic rings. The van der Waals surface area contributed by atoms with Gasteiger partial charge in [0.1, 0.15) is 11.5 Å². The topological polar surface area (TPSA) is 58.6 Å². The monoisotopic (exact) mass is 299 g/mol. The van der Waals surface area contributed by atoms with Crippen LogP contribution in [0.4, 0.5) is 0 Å².